The fourth-order valence-corrected chi connectivity index (χ4v) is 4.18. The Morgan fingerprint density at radius 3 is 2.27 bits per heavy atom. The van der Waals surface area contributed by atoms with Crippen molar-refractivity contribution in [3.05, 3.63) is 56.6 Å². The lowest BCUT2D eigenvalue weighted by molar-refractivity contribution is -0.384. The van der Waals surface area contributed by atoms with E-state index in [1.54, 1.807) is 13.8 Å². The summed E-state index contributed by atoms with van der Waals surface area (Å²) in [5.74, 6) is 0. The molecule has 0 saturated heterocycles. The van der Waals surface area contributed by atoms with Crippen molar-refractivity contribution < 1.29 is 17.6 Å². The van der Waals surface area contributed by atoms with E-state index in [9.17, 15) is 18.5 Å². The number of non-ortho nitro benzene ring substituents is 1. The average molecular weight is 376 g/mol. The number of hydrogen-bond acceptors (Lipinski definition) is 7. The molecule has 0 fully saturated rings. The first-order valence-corrected chi connectivity index (χ1v) is 9.05. The minimum Gasteiger partial charge on any atom is -0.264 e. The first kappa shape index (κ1) is 17.8. The van der Waals surface area contributed by atoms with Crippen LogP contribution in [0.25, 0.3) is 11.0 Å². The molecular weight excluding hydrogens is 360 g/mol. The molecule has 0 aliphatic heterocycles. The summed E-state index contributed by atoms with van der Waals surface area (Å²) in [6, 6.07) is 5.69. The van der Waals surface area contributed by atoms with Crippen LogP contribution in [0.5, 0.6) is 0 Å². The Balaban J connectivity index is 2.13. The summed E-state index contributed by atoms with van der Waals surface area (Å²) in [5.41, 5.74) is 2.92. The highest BCUT2D eigenvalue weighted by molar-refractivity contribution is 7.87. The molecule has 9 nitrogen and oxygen atoms in total. The van der Waals surface area contributed by atoms with E-state index in [2.05, 4.69) is 10.3 Å². The number of nitrogens with zero attached hydrogens (tertiary/aromatic N) is 4. The lowest BCUT2D eigenvalue weighted by atomic mass is 10.0. The predicted octanol–water partition coefficient (Wildman–Crippen LogP) is 2.39. The van der Waals surface area contributed by atoms with Gasteiger partial charge in [-0.25, -0.2) is 0 Å². The summed E-state index contributed by atoms with van der Waals surface area (Å²) in [4.78, 5) is 11.1. The molecule has 1 heterocycles. The highest BCUT2D eigenvalue weighted by Gasteiger charge is 2.26. The Morgan fingerprint density at radius 2 is 1.69 bits per heavy atom. The summed E-state index contributed by atoms with van der Waals surface area (Å²) in [6.45, 7) is 7.02. The highest BCUT2D eigenvalue weighted by Crippen LogP contribution is 2.27. The molecule has 0 atom stereocenters. The number of aromatic nitrogens is 3. The number of benzene rings is 2. The van der Waals surface area contributed by atoms with Gasteiger partial charge in [-0.1, -0.05) is 10.9 Å². The largest absolute Gasteiger partial charge is 0.359 e. The van der Waals surface area contributed by atoms with Gasteiger partial charge >= 0.3 is 10.1 Å². The molecule has 10 heteroatoms. The summed E-state index contributed by atoms with van der Waals surface area (Å²) >= 11 is 0. The second kappa shape index (κ2) is 6.06. The van der Waals surface area contributed by atoms with Crippen LogP contribution in [0.4, 0.5) is 5.69 Å². The highest BCUT2D eigenvalue weighted by atomic mass is 32.2. The normalized spacial score (nSPS) is 11.7. The molecule has 0 bridgehead atoms. The van der Waals surface area contributed by atoms with Crippen molar-refractivity contribution in [3.63, 3.8) is 0 Å². The summed E-state index contributed by atoms with van der Waals surface area (Å²) in [5, 5.41) is 18.4. The quantitative estimate of drug-likeness (QED) is 0.507. The zero-order chi connectivity index (χ0) is 19.2. The van der Waals surface area contributed by atoms with Crippen molar-refractivity contribution in [2.45, 2.75) is 32.6 Å². The van der Waals surface area contributed by atoms with Gasteiger partial charge in [-0.2, -0.15) is 8.42 Å². The van der Waals surface area contributed by atoms with Crippen LogP contribution in [-0.2, 0) is 10.1 Å². The third kappa shape index (κ3) is 2.88. The van der Waals surface area contributed by atoms with Crippen molar-refractivity contribution in [2.24, 2.45) is 0 Å². The van der Waals surface area contributed by atoms with Crippen molar-refractivity contribution >= 4 is 26.8 Å². The Hall–Kier alpha value is -3.01. The maximum absolute atomic E-state index is 12.9. The molecule has 136 valence electrons. The molecule has 0 unspecified atom stereocenters. The second-order valence-corrected chi connectivity index (χ2v) is 7.48. The van der Waals surface area contributed by atoms with Gasteiger partial charge in [0.1, 0.15) is 15.9 Å². The van der Waals surface area contributed by atoms with Gasteiger partial charge in [0.05, 0.1) is 4.92 Å². The van der Waals surface area contributed by atoms with Crippen molar-refractivity contribution in [3.8, 4) is 0 Å². The molecule has 0 aliphatic carbocycles. The van der Waals surface area contributed by atoms with E-state index in [0.717, 1.165) is 17.2 Å². The average Bonchev–Trinajstić information content (AvgIpc) is 2.94. The zero-order valence-electron chi connectivity index (χ0n) is 14.5. The molecule has 0 saturated carbocycles. The van der Waals surface area contributed by atoms with Gasteiger partial charge in [-0.3, -0.25) is 14.4 Å². The third-order valence-corrected chi connectivity index (χ3v) is 5.78. The Morgan fingerprint density at radius 1 is 1.08 bits per heavy atom. The molecule has 2 aromatic carbocycles. The van der Waals surface area contributed by atoms with Crippen LogP contribution >= 0.6 is 0 Å². The molecule has 26 heavy (non-hydrogen) atoms. The first-order chi connectivity index (χ1) is 12.1. The molecule has 1 aromatic heterocycles. The van der Waals surface area contributed by atoms with Crippen LogP contribution in [-0.4, -0.2) is 28.5 Å². The zero-order valence-corrected chi connectivity index (χ0v) is 15.4. The molecule has 0 amide bonds. The van der Waals surface area contributed by atoms with E-state index in [0.29, 0.717) is 16.0 Å². The van der Waals surface area contributed by atoms with Crippen molar-refractivity contribution in [2.75, 3.05) is 0 Å². The van der Waals surface area contributed by atoms with Gasteiger partial charge in [-0.05, 0) is 61.2 Å². The smallest absolute Gasteiger partial charge is 0.264 e. The molecule has 0 N–H and O–H groups in total. The summed E-state index contributed by atoms with van der Waals surface area (Å²) in [7, 11) is -4.22. The van der Waals surface area contributed by atoms with E-state index in [4.69, 9.17) is 4.28 Å². The Labute approximate surface area is 149 Å². The lowest BCUT2D eigenvalue weighted by Crippen LogP contribution is -2.23. The number of fused-ring (bicyclic) bond motifs is 1. The van der Waals surface area contributed by atoms with Gasteiger partial charge in [0.2, 0.25) is 0 Å². The maximum Gasteiger partial charge on any atom is 0.359 e. The van der Waals surface area contributed by atoms with Gasteiger partial charge in [-0.15, -0.1) is 5.10 Å². The fourth-order valence-electron chi connectivity index (χ4n) is 2.74. The van der Waals surface area contributed by atoms with E-state index < -0.39 is 15.0 Å². The van der Waals surface area contributed by atoms with Crippen LogP contribution in [0.2, 0.25) is 0 Å². The van der Waals surface area contributed by atoms with Gasteiger partial charge < -0.3 is 0 Å². The van der Waals surface area contributed by atoms with Crippen molar-refractivity contribution in [1.29, 1.82) is 0 Å². The van der Waals surface area contributed by atoms with Gasteiger partial charge in [0.25, 0.3) is 5.69 Å². The molecular formula is C16H16N4O5S. The van der Waals surface area contributed by atoms with Gasteiger partial charge in [0, 0.05) is 12.1 Å². The molecule has 3 aromatic rings. The monoisotopic (exact) mass is 376 g/mol. The molecule has 0 spiro atoms. The Kier molecular flexibility index (Phi) is 4.15. The van der Waals surface area contributed by atoms with Crippen LogP contribution in [0.1, 0.15) is 22.3 Å². The minimum atomic E-state index is -4.22. The van der Waals surface area contributed by atoms with Crippen molar-refractivity contribution in [1.82, 2.24) is 15.2 Å². The predicted molar refractivity (Wildman–Crippen MR) is 93.3 cm³/mol. The van der Waals surface area contributed by atoms with E-state index in [-0.39, 0.29) is 21.6 Å². The standard InChI is InChI=1S/C16H16N4O5S/c1-9-7-10(2)12(4)16(11(9)3)26(23,24)25-19-15-8-13(20(21)22)5-6-14(15)17-18-19/h5-8H,1-4H3. The minimum absolute atomic E-state index is 0.0593. The van der Waals surface area contributed by atoms with Crippen LogP contribution in [0.3, 0.4) is 0 Å². The number of rotatable bonds is 4. The van der Waals surface area contributed by atoms with Gasteiger partial charge in [0.15, 0.2) is 0 Å². The maximum atomic E-state index is 12.9. The summed E-state index contributed by atoms with van der Waals surface area (Å²) < 4.78 is 30.9. The number of aryl methyl sites for hydroxylation is 2. The number of nitro benzene ring substituents is 1. The molecule has 3 rings (SSSR count). The topological polar surface area (TPSA) is 117 Å². The van der Waals surface area contributed by atoms with Crippen LogP contribution in [0, 0.1) is 37.8 Å². The number of hydrogen-bond donors (Lipinski definition) is 0. The second-order valence-electron chi connectivity index (χ2n) is 6.01. The summed E-state index contributed by atoms with van der Waals surface area (Å²) in [6.07, 6.45) is 0. The third-order valence-electron chi connectivity index (χ3n) is 4.33. The molecule has 0 radical (unpaired) electrons. The lowest BCUT2D eigenvalue weighted by Gasteiger charge is -2.15. The van der Waals surface area contributed by atoms with Crippen LogP contribution in [0.15, 0.2) is 29.2 Å². The van der Waals surface area contributed by atoms with E-state index in [1.165, 1.54) is 12.1 Å². The molecule has 0 aliphatic rings. The van der Waals surface area contributed by atoms with E-state index in [1.807, 2.05) is 19.9 Å². The number of nitro groups is 1. The first-order valence-electron chi connectivity index (χ1n) is 7.64. The SMILES string of the molecule is Cc1cc(C)c(C)c(S(=O)(=O)On2nnc3ccc([N+](=O)[O-])cc32)c1C. The fraction of sp³-hybridized carbons (Fsp3) is 0.250. The Bertz CT molecular complexity index is 1120. The van der Waals surface area contributed by atoms with Crippen LogP contribution < -0.4 is 4.28 Å². The van der Waals surface area contributed by atoms with E-state index >= 15 is 0 Å².